The predicted octanol–water partition coefficient (Wildman–Crippen LogP) is 1.60. The summed E-state index contributed by atoms with van der Waals surface area (Å²) in [6.45, 7) is 0.406. The second-order valence-corrected chi connectivity index (χ2v) is 3.97. The summed E-state index contributed by atoms with van der Waals surface area (Å²) in [6, 6.07) is 8.82. The summed E-state index contributed by atoms with van der Waals surface area (Å²) < 4.78 is 5.08. The van der Waals surface area contributed by atoms with Gasteiger partial charge in [-0.3, -0.25) is 9.78 Å². The number of hydrogen-bond donors (Lipinski definition) is 2. The van der Waals surface area contributed by atoms with Crippen LogP contribution in [0.25, 0.3) is 0 Å². The van der Waals surface area contributed by atoms with Gasteiger partial charge in [0.05, 0.1) is 18.4 Å². The lowest BCUT2D eigenvalue weighted by atomic mass is 10.1. The number of anilines is 1. The number of methoxy groups -OCH3 is 1. The van der Waals surface area contributed by atoms with Crippen molar-refractivity contribution in [2.45, 2.75) is 6.54 Å². The fourth-order valence-electron chi connectivity index (χ4n) is 1.70. The van der Waals surface area contributed by atoms with Gasteiger partial charge in [0, 0.05) is 18.9 Å². The van der Waals surface area contributed by atoms with Gasteiger partial charge in [-0.25, -0.2) is 0 Å². The zero-order valence-corrected chi connectivity index (χ0v) is 10.6. The van der Waals surface area contributed by atoms with Gasteiger partial charge in [-0.2, -0.15) is 0 Å². The molecule has 2 aromatic rings. The summed E-state index contributed by atoms with van der Waals surface area (Å²) in [5, 5.41) is 2.79. The van der Waals surface area contributed by atoms with Gasteiger partial charge >= 0.3 is 0 Å². The number of amides is 1. The van der Waals surface area contributed by atoms with Crippen LogP contribution in [0.4, 0.5) is 5.69 Å². The van der Waals surface area contributed by atoms with Crippen molar-refractivity contribution in [2.75, 3.05) is 12.8 Å². The van der Waals surface area contributed by atoms with Crippen molar-refractivity contribution in [1.82, 2.24) is 10.3 Å². The standard InChI is InChI=1S/C14H15N3O2/c1-19-12-6-2-5-11(13(12)15)14(18)17-9-10-4-3-7-16-8-10/h2-8H,9,15H2,1H3,(H,17,18). The van der Waals surface area contributed by atoms with E-state index < -0.39 is 0 Å². The van der Waals surface area contributed by atoms with E-state index in [1.54, 1.807) is 30.6 Å². The van der Waals surface area contributed by atoms with Crippen LogP contribution in [-0.4, -0.2) is 18.0 Å². The highest BCUT2D eigenvalue weighted by Crippen LogP contribution is 2.24. The first-order chi connectivity index (χ1) is 9.22. The first kappa shape index (κ1) is 12.9. The number of ether oxygens (including phenoxy) is 1. The van der Waals surface area contributed by atoms with Gasteiger partial charge in [0.1, 0.15) is 5.75 Å². The normalized spacial score (nSPS) is 9.95. The topological polar surface area (TPSA) is 77.2 Å². The Morgan fingerprint density at radius 1 is 1.37 bits per heavy atom. The van der Waals surface area contributed by atoms with E-state index in [-0.39, 0.29) is 5.91 Å². The lowest BCUT2D eigenvalue weighted by molar-refractivity contribution is 0.0951. The maximum atomic E-state index is 12.0. The Kier molecular flexibility index (Phi) is 3.97. The van der Waals surface area contributed by atoms with Crippen molar-refractivity contribution in [3.8, 4) is 5.75 Å². The molecule has 3 N–H and O–H groups in total. The molecule has 0 aliphatic carbocycles. The summed E-state index contributed by atoms with van der Waals surface area (Å²) in [7, 11) is 1.52. The van der Waals surface area contributed by atoms with Crippen molar-refractivity contribution < 1.29 is 9.53 Å². The van der Waals surface area contributed by atoms with E-state index in [1.807, 2.05) is 12.1 Å². The Morgan fingerprint density at radius 2 is 2.21 bits per heavy atom. The molecule has 1 aromatic carbocycles. The summed E-state index contributed by atoms with van der Waals surface area (Å²) in [5.41, 5.74) is 7.54. The molecule has 0 saturated carbocycles. The van der Waals surface area contributed by atoms with E-state index in [9.17, 15) is 4.79 Å². The minimum absolute atomic E-state index is 0.236. The smallest absolute Gasteiger partial charge is 0.253 e. The van der Waals surface area contributed by atoms with E-state index in [1.165, 1.54) is 7.11 Å². The highest BCUT2D eigenvalue weighted by Gasteiger charge is 2.12. The van der Waals surface area contributed by atoms with Crippen LogP contribution in [0.5, 0.6) is 5.75 Å². The van der Waals surface area contributed by atoms with Gasteiger partial charge in [-0.1, -0.05) is 12.1 Å². The molecule has 1 amide bonds. The Balaban J connectivity index is 2.08. The molecular formula is C14H15N3O2. The molecule has 98 valence electrons. The second-order valence-electron chi connectivity index (χ2n) is 3.97. The molecular weight excluding hydrogens is 242 g/mol. The number of nitrogens with zero attached hydrogens (tertiary/aromatic N) is 1. The van der Waals surface area contributed by atoms with Crippen molar-refractivity contribution >= 4 is 11.6 Å². The highest BCUT2D eigenvalue weighted by atomic mass is 16.5. The molecule has 19 heavy (non-hydrogen) atoms. The predicted molar refractivity (Wildman–Crippen MR) is 72.8 cm³/mol. The first-order valence-corrected chi connectivity index (χ1v) is 5.82. The number of nitrogen functional groups attached to an aromatic ring is 1. The Morgan fingerprint density at radius 3 is 2.89 bits per heavy atom. The Bertz CT molecular complexity index is 570. The SMILES string of the molecule is COc1cccc(C(=O)NCc2cccnc2)c1N. The van der Waals surface area contributed by atoms with Gasteiger partial charge in [-0.15, -0.1) is 0 Å². The number of pyridine rings is 1. The molecule has 0 atom stereocenters. The van der Waals surface area contributed by atoms with Crippen molar-refractivity contribution in [2.24, 2.45) is 0 Å². The van der Waals surface area contributed by atoms with Crippen molar-refractivity contribution in [1.29, 1.82) is 0 Å². The molecule has 1 heterocycles. The number of aromatic nitrogens is 1. The van der Waals surface area contributed by atoms with Crippen molar-refractivity contribution in [3.63, 3.8) is 0 Å². The fraction of sp³-hybridized carbons (Fsp3) is 0.143. The quantitative estimate of drug-likeness (QED) is 0.816. The third-order valence-electron chi connectivity index (χ3n) is 2.71. The number of benzene rings is 1. The van der Waals surface area contributed by atoms with Crippen molar-refractivity contribution in [3.05, 3.63) is 53.9 Å². The van der Waals surface area contributed by atoms with Gasteiger partial charge in [0.2, 0.25) is 0 Å². The molecule has 0 saturated heterocycles. The van der Waals surface area contributed by atoms with Crippen LogP contribution < -0.4 is 15.8 Å². The van der Waals surface area contributed by atoms with Crippen LogP contribution in [0.2, 0.25) is 0 Å². The monoisotopic (exact) mass is 257 g/mol. The van der Waals surface area contributed by atoms with E-state index >= 15 is 0 Å². The summed E-state index contributed by atoms with van der Waals surface area (Å²) in [4.78, 5) is 16.0. The van der Waals surface area contributed by atoms with Gasteiger partial charge in [0.15, 0.2) is 0 Å². The summed E-state index contributed by atoms with van der Waals surface area (Å²) in [5.74, 6) is 0.259. The zero-order chi connectivity index (χ0) is 13.7. The molecule has 0 radical (unpaired) electrons. The van der Waals surface area contributed by atoms with E-state index in [4.69, 9.17) is 10.5 Å². The first-order valence-electron chi connectivity index (χ1n) is 5.82. The molecule has 5 heteroatoms. The maximum absolute atomic E-state index is 12.0. The van der Waals surface area contributed by atoms with Crippen LogP contribution in [-0.2, 0) is 6.54 Å². The molecule has 5 nitrogen and oxygen atoms in total. The van der Waals surface area contributed by atoms with E-state index in [0.29, 0.717) is 23.5 Å². The third kappa shape index (κ3) is 3.01. The lowest BCUT2D eigenvalue weighted by Crippen LogP contribution is -2.24. The summed E-state index contributed by atoms with van der Waals surface area (Å²) >= 11 is 0. The summed E-state index contributed by atoms with van der Waals surface area (Å²) in [6.07, 6.45) is 3.39. The number of hydrogen-bond acceptors (Lipinski definition) is 4. The Hall–Kier alpha value is -2.56. The molecule has 0 aliphatic heterocycles. The van der Waals surface area contributed by atoms with E-state index in [2.05, 4.69) is 10.3 Å². The second kappa shape index (κ2) is 5.86. The largest absolute Gasteiger partial charge is 0.495 e. The van der Waals surface area contributed by atoms with Crippen LogP contribution in [0.3, 0.4) is 0 Å². The van der Waals surface area contributed by atoms with Crippen LogP contribution in [0.15, 0.2) is 42.7 Å². The number of carbonyl (C=O) groups is 1. The minimum Gasteiger partial charge on any atom is -0.495 e. The average Bonchev–Trinajstić information content (AvgIpc) is 2.46. The molecule has 1 aromatic heterocycles. The lowest BCUT2D eigenvalue weighted by Gasteiger charge is -2.10. The van der Waals surface area contributed by atoms with Gasteiger partial charge in [0.25, 0.3) is 5.91 Å². The molecule has 0 fully saturated rings. The van der Waals surface area contributed by atoms with Gasteiger partial charge in [-0.05, 0) is 23.8 Å². The third-order valence-corrected chi connectivity index (χ3v) is 2.71. The Labute approximate surface area is 111 Å². The van der Waals surface area contributed by atoms with Crippen LogP contribution in [0.1, 0.15) is 15.9 Å². The van der Waals surface area contributed by atoms with Crippen LogP contribution >= 0.6 is 0 Å². The van der Waals surface area contributed by atoms with E-state index in [0.717, 1.165) is 5.56 Å². The molecule has 0 aliphatic rings. The molecule has 2 rings (SSSR count). The minimum atomic E-state index is -0.236. The number of nitrogens with one attached hydrogen (secondary N) is 1. The average molecular weight is 257 g/mol. The molecule has 0 unspecified atom stereocenters. The molecule has 0 bridgehead atoms. The number of carbonyl (C=O) groups excluding carboxylic acids is 1. The fourth-order valence-corrected chi connectivity index (χ4v) is 1.70. The molecule has 0 spiro atoms. The number of nitrogens with two attached hydrogens (primary N) is 1. The zero-order valence-electron chi connectivity index (χ0n) is 10.6. The number of rotatable bonds is 4. The highest BCUT2D eigenvalue weighted by molar-refractivity contribution is 6.00. The maximum Gasteiger partial charge on any atom is 0.253 e. The van der Waals surface area contributed by atoms with Gasteiger partial charge < -0.3 is 15.8 Å². The van der Waals surface area contributed by atoms with Crippen LogP contribution in [0, 0.1) is 0 Å². The number of para-hydroxylation sites is 1.